The topological polar surface area (TPSA) is 67.8 Å². The van der Waals surface area contributed by atoms with Crippen molar-refractivity contribution in [1.82, 2.24) is 0 Å². The van der Waals surface area contributed by atoms with E-state index in [4.69, 9.17) is 25.4 Å². The normalized spacial score (nSPS) is 15.1. The second-order valence-electron chi connectivity index (χ2n) is 9.86. The Labute approximate surface area is 203 Å². The predicted octanol–water partition coefficient (Wildman–Crippen LogP) is 6.30. The number of quaternary nitrogens is 1. The van der Waals surface area contributed by atoms with Gasteiger partial charge < -0.3 is 23.2 Å². The SMILES string of the molecule is CCCCCCCCCCCCCCCCOCC(Cl)COP(=O)([O-])OCC[N+](C)(C)C. The Hall–Kier alpha value is 0.320. The van der Waals surface area contributed by atoms with Gasteiger partial charge in [-0.15, -0.1) is 11.6 Å². The zero-order valence-electron chi connectivity index (χ0n) is 21.3. The fourth-order valence-electron chi connectivity index (χ4n) is 3.29. The van der Waals surface area contributed by atoms with Gasteiger partial charge in [-0.1, -0.05) is 90.4 Å². The largest absolute Gasteiger partial charge is 0.756 e. The minimum absolute atomic E-state index is 0.0901. The van der Waals surface area contributed by atoms with Crippen LogP contribution in [0, 0.1) is 0 Å². The van der Waals surface area contributed by atoms with Crippen molar-refractivity contribution in [3.63, 3.8) is 0 Å². The van der Waals surface area contributed by atoms with Gasteiger partial charge in [-0.2, -0.15) is 0 Å². The molecule has 0 fully saturated rings. The number of phosphoric acid groups is 1. The number of rotatable bonds is 24. The number of nitrogens with zero attached hydrogens (tertiary/aromatic N) is 1. The molecule has 0 rings (SSSR count). The highest BCUT2D eigenvalue weighted by atomic mass is 35.5. The first-order valence-corrected chi connectivity index (χ1v) is 14.7. The van der Waals surface area contributed by atoms with Gasteiger partial charge >= 0.3 is 0 Å². The first-order chi connectivity index (χ1) is 15.2. The van der Waals surface area contributed by atoms with Crippen molar-refractivity contribution in [3.05, 3.63) is 0 Å². The van der Waals surface area contributed by atoms with E-state index in [2.05, 4.69) is 6.92 Å². The van der Waals surface area contributed by atoms with Crippen LogP contribution < -0.4 is 4.89 Å². The Bertz CT molecular complexity index is 462. The van der Waals surface area contributed by atoms with Crippen LogP contribution in [0.25, 0.3) is 0 Å². The molecule has 0 heterocycles. The fourth-order valence-corrected chi connectivity index (χ4v) is 4.28. The number of likely N-dealkylation sites (N-methyl/N-ethyl adjacent to an activating group) is 1. The smallest absolute Gasteiger partial charge is 0.268 e. The van der Waals surface area contributed by atoms with Crippen LogP contribution in [0.15, 0.2) is 0 Å². The number of alkyl halides is 1. The van der Waals surface area contributed by atoms with Crippen LogP contribution in [-0.4, -0.2) is 64.0 Å². The zero-order chi connectivity index (χ0) is 24.1. The first-order valence-electron chi connectivity index (χ1n) is 12.8. The molecule has 2 unspecified atom stereocenters. The van der Waals surface area contributed by atoms with E-state index in [-0.39, 0.29) is 19.8 Å². The molecule has 32 heavy (non-hydrogen) atoms. The summed E-state index contributed by atoms with van der Waals surface area (Å²) < 4.78 is 27.6. The molecule has 0 aromatic heterocycles. The molecule has 0 saturated heterocycles. The van der Waals surface area contributed by atoms with Gasteiger partial charge in [0.1, 0.15) is 13.2 Å². The monoisotopic (exact) mass is 499 g/mol. The summed E-state index contributed by atoms with van der Waals surface area (Å²) in [5.41, 5.74) is 0. The van der Waals surface area contributed by atoms with E-state index in [9.17, 15) is 9.46 Å². The summed E-state index contributed by atoms with van der Waals surface area (Å²) in [5.74, 6) is 0. The van der Waals surface area contributed by atoms with Crippen molar-refractivity contribution in [2.45, 2.75) is 102 Å². The Kier molecular flexibility index (Phi) is 20.9. The maximum absolute atomic E-state index is 11.7. The third-order valence-corrected chi connectivity index (χ3v) is 6.58. The molecule has 0 spiro atoms. The number of phosphoric ester groups is 1. The molecule has 194 valence electrons. The molecule has 0 radical (unpaired) electrons. The van der Waals surface area contributed by atoms with Crippen LogP contribution >= 0.6 is 19.4 Å². The van der Waals surface area contributed by atoms with E-state index in [1.54, 1.807) is 0 Å². The molecular weight excluding hydrogens is 449 g/mol. The van der Waals surface area contributed by atoms with Gasteiger partial charge in [-0.3, -0.25) is 4.57 Å². The maximum Gasteiger partial charge on any atom is 0.268 e. The molecule has 0 aliphatic rings. The third kappa shape index (κ3) is 25.0. The third-order valence-electron chi connectivity index (χ3n) is 5.37. The van der Waals surface area contributed by atoms with Crippen molar-refractivity contribution in [2.24, 2.45) is 0 Å². The van der Waals surface area contributed by atoms with Gasteiger partial charge in [0.25, 0.3) is 7.82 Å². The molecule has 8 heteroatoms. The van der Waals surface area contributed by atoms with Crippen molar-refractivity contribution >= 4 is 19.4 Å². The summed E-state index contributed by atoms with van der Waals surface area (Å²) in [7, 11) is 1.58. The molecule has 0 bridgehead atoms. The summed E-state index contributed by atoms with van der Waals surface area (Å²) >= 11 is 6.09. The lowest BCUT2D eigenvalue weighted by atomic mass is 10.0. The van der Waals surface area contributed by atoms with E-state index in [0.29, 0.717) is 17.6 Å². The molecule has 0 N–H and O–H groups in total. The maximum atomic E-state index is 11.7. The van der Waals surface area contributed by atoms with Crippen LogP contribution in [0.4, 0.5) is 0 Å². The van der Waals surface area contributed by atoms with Crippen molar-refractivity contribution < 1.29 is 27.7 Å². The van der Waals surface area contributed by atoms with Crippen LogP contribution in [0.2, 0.25) is 0 Å². The van der Waals surface area contributed by atoms with Crippen LogP contribution in [-0.2, 0) is 18.3 Å². The van der Waals surface area contributed by atoms with E-state index in [1.807, 2.05) is 21.1 Å². The average molecular weight is 500 g/mol. The Balaban J connectivity index is 3.40. The van der Waals surface area contributed by atoms with Crippen molar-refractivity contribution in [3.8, 4) is 0 Å². The molecule has 0 aromatic rings. The summed E-state index contributed by atoms with van der Waals surface area (Å²) in [6, 6.07) is 0. The molecule has 2 atom stereocenters. The average Bonchev–Trinajstić information content (AvgIpc) is 2.71. The van der Waals surface area contributed by atoms with E-state index in [0.717, 1.165) is 12.8 Å². The molecule has 0 aliphatic carbocycles. The minimum atomic E-state index is -4.31. The number of hydrogen-bond donors (Lipinski definition) is 0. The molecule has 0 aromatic carbocycles. The summed E-state index contributed by atoms with van der Waals surface area (Å²) in [6.45, 7) is 3.72. The Morgan fingerprint density at radius 1 is 0.750 bits per heavy atom. The minimum Gasteiger partial charge on any atom is -0.756 e. The van der Waals surface area contributed by atoms with Crippen molar-refractivity contribution in [2.75, 3.05) is 54.1 Å². The van der Waals surface area contributed by atoms with Gasteiger partial charge in [0.15, 0.2) is 0 Å². The summed E-state index contributed by atoms with van der Waals surface area (Å²) in [6.07, 6.45) is 18.6. The quantitative estimate of drug-likeness (QED) is 0.0674. The number of unbranched alkanes of at least 4 members (excludes halogenated alkanes) is 13. The highest BCUT2D eigenvalue weighted by Crippen LogP contribution is 2.38. The van der Waals surface area contributed by atoms with Crippen LogP contribution in [0.5, 0.6) is 0 Å². The summed E-state index contributed by atoms with van der Waals surface area (Å²) in [5, 5.41) is -0.508. The standard InChI is InChI=1S/C24H51ClNO5P/c1-5-6-7-8-9-10-11-12-13-14-15-16-17-18-20-29-22-24(25)23-31-32(27,28)30-21-19-26(2,3)4/h24H,5-23H2,1-4H3. The van der Waals surface area contributed by atoms with Crippen LogP contribution in [0.1, 0.15) is 96.8 Å². The zero-order valence-corrected chi connectivity index (χ0v) is 23.0. The second kappa shape index (κ2) is 20.7. The highest BCUT2D eigenvalue weighted by Gasteiger charge is 2.15. The van der Waals surface area contributed by atoms with Crippen molar-refractivity contribution in [1.29, 1.82) is 0 Å². The lowest BCUT2D eigenvalue weighted by molar-refractivity contribution is -0.870. The van der Waals surface area contributed by atoms with E-state index >= 15 is 0 Å². The van der Waals surface area contributed by atoms with Crippen LogP contribution in [0.3, 0.4) is 0 Å². The predicted molar refractivity (Wildman–Crippen MR) is 133 cm³/mol. The van der Waals surface area contributed by atoms with Gasteiger partial charge in [-0.05, 0) is 6.42 Å². The molecule has 0 saturated carbocycles. The van der Waals surface area contributed by atoms with Gasteiger partial charge in [0.05, 0.1) is 39.7 Å². The second-order valence-corrected chi connectivity index (χ2v) is 11.9. The first kappa shape index (κ1) is 32.3. The summed E-state index contributed by atoms with van der Waals surface area (Å²) in [4.78, 5) is 11.7. The van der Waals surface area contributed by atoms with E-state index in [1.165, 1.54) is 77.0 Å². The molecule has 0 amide bonds. The van der Waals surface area contributed by atoms with Gasteiger partial charge in [0.2, 0.25) is 0 Å². The fraction of sp³-hybridized carbons (Fsp3) is 1.00. The lowest BCUT2D eigenvalue weighted by Gasteiger charge is -2.27. The molecular formula is C24H51ClNO5P. The molecule has 0 aliphatic heterocycles. The Morgan fingerprint density at radius 2 is 1.22 bits per heavy atom. The van der Waals surface area contributed by atoms with Gasteiger partial charge in [-0.25, -0.2) is 0 Å². The highest BCUT2D eigenvalue weighted by molar-refractivity contribution is 7.45. The lowest BCUT2D eigenvalue weighted by Crippen LogP contribution is -2.37. The molecule has 6 nitrogen and oxygen atoms in total. The van der Waals surface area contributed by atoms with E-state index < -0.39 is 13.2 Å². The number of ether oxygens (including phenoxy) is 1. The Morgan fingerprint density at radius 3 is 1.69 bits per heavy atom. The number of halogens is 1. The van der Waals surface area contributed by atoms with Gasteiger partial charge in [0, 0.05) is 6.61 Å². The number of hydrogen-bond acceptors (Lipinski definition) is 5.